The second-order valence-electron chi connectivity index (χ2n) is 6.74. The molecule has 4 rings (SSSR count). The van der Waals surface area contributed by atoms with Crippen molar-refractivity contribution in [3.63, 3.8) is 0 Å². The second-order valence-corrected chi connectivity index (χ2v) is 7.66. The Labute approximate surface area is 159 Å². The number of nitrogens with zero attached hydrogens (tertiary/aromatic N) is 1. The molecule has 1 amide bonds. The van der Waals surface area contributed by atoms with Crippen LogP contribution in [0, 0.1) is 12.7 Å². The molecule has 1 aliphatic rings. The fraction of sp³-hybridized carbons (Fsp3) is 0.238. The third-order valence-corrected chi connectivity index (χ3v) is 5.29. The highest BCUT2D eigenvalue weighted by Crippen LogP contribution is 2.42. The number of aryl methyl sites for hydroxylation is 1. The molecule has 1 saturated carbocycles. The van der Waals surface area contributed by atoms with Crippen molar-refractivity contribution in [3.8, 4) is 0 Å². The van der Waals surface area contributed by atoms with Crippen LogP contribution in [-0.2, 0) is 6.54 Å². The Kier molecular flexibility index (Phi) is 4.49. The zero-order valence-corrected chi connectivity index (χ0v) is 15.9. The van der Waals surface area contributed by atoms with Gasteiger partial charge in [-0.15, -0.1) is 0 Å². The number of carbonyl (C=O) groups excluding carboxylic acids is 1. The van der Waals surface area contributed by atoms with Crippen molar-refractivity contribution >= 4 is 32.7 Å². The van der Waals surface area contributed by atoms with Crippen molar-refractivity contribution in [2.24, 2.45) is 0 Å². The van der Waals surface area contributed by atoms with Crippen LogP contribution in [-0.4, -0.2) is 10.9 Å². The van der Waals surface area contributed by atoms with Crippen molar-refractivity contribution in [2.75, 3.05) is 0 Å². The first-order valence-electron chi connectivity index (χ1n) is 8.65. The third kappa shape index (κ3) is 3.36. The summed E-state index contributed by atoms with van der Waals surface area (Å²) in [5, 5.41) is 3.95. The predicted octanol–water partition coefficient (Wildman–Crippen LogP) is 5.25. The summed E-state index contributed by atoms with van der Waals surface area (Å²) in [7, 11) is 0. The van der Waals surface area contributed by atoms with Crippen molar-refractivity contribution in [3.05, 3.63) is 75.1 Å². The van der Waals surface area contributed by atoms with E-state index in [1.54, 1.807) is 12.1 Å². The Morgan fingerprint density at radius 3 is 2.65 bits per heavy atom. The fourth-order valence-corrected chi connectivity index (χ4v) is 3.59. The molecule has 0 spiro atoms. The average molecular weight is 413 g/mol. The zero-order valence-electron chi connectivity index (χ0n) is 14.4. The highest BCUT2D eigenvalue weighted by atomic mass is 79.9. The molecule has 3 aromatic rings. The number of halogens is 2. The Hall–Kier alpha value is -2.27. The third-order valence-electron chi connectivity index (χ3n) is 4.79. The quantitative estimate of drug-likeness (QED) is 0.635. The maximum atomic E-state index is 13.0. The summed E-state index contributed by atoms with van der Waals surface area (Å²) < 4.78 is 14.0. The molecule has 1 N–H and O–H groups in total. The lowest BCUT2D eigenvalue weighted by Crippen LogP contribution is -2.25. The Bertz CT molecular complexity index is 997. The molecule has 0 atom stereocenters. The summed E-state index contributed by atoms with van der Waals surface area (Å²) in [6, 6.07) is 12.1. The van der Waals surface area contributed by atoms with Gasteiger partial charge in [0.05, 0.1) is 16.8 Å². The fourth-order valence-electron chi connectivity index (χ4n) is 3.24. The monoisotopic (exact) mass is 412 g/mol. The van der Waals surface area contributed by atoms with Gasteiger partial charge in [-0.2, -0.15) is 0 Å². The van der Waals surface area contributed by atoms with Crippen LogP contribution in [0.2, 0.25) is 0 Å². The number of rotatable bonds is 4. The maximum absolute atomic E-state index is 13.0. The first-order valence-corrected chi connectivity index (χ1v) is 9.44. The topological polar surface area (TPSA) is 42.0 Å². The van der Waals surface area contributed by atoms with Crippen LogP contribution in [0.25, 0.3) is 10.9 Å². The van der Waals surface area contributed by atoms with Gasteiger partial charge in [0.2, 0.25) is 0 Å². The molecule has 0 bridgehead atoms. The number of fused-ring (bicyclic) bond motifs is 1. The van der Waals surface area contributed by atoms with Gasteiger partial charge >= 0.3 is 0 Å². The predicted molar refractivity (Wildman–Crippen MR) is 104 cm³/mol. The normalized spacial score (nSPS) is 13.8. The van der Waals surface area contributed by atoms with Gasteiger partial charge in [0.15, 0.2) is 0 Å². The zero-order chi connectivity index (χ0) is 18.3. The second kappa shape index (κ2) is 6.80. The van der Waals surface area contributed by atoms with Gasteiger partial charge in [-0.1, -0.05) is 34.1 Å². The first kappa shape index (κ1) is 17.2. The molecule has 0 aliphatic heterocycles. The highest BCUT2D eigenvalue weighted by molar-refractivity contribution is 9.10. The molecule has 132 valence electrons. The van der Waals surface area contributed by atoms with Crippen LogP contribution < -0.4 is 5.32 Å². The van der Waals surface area contributed by atoms with Crippen LogP contribution in [0.1, 0.15) is 45.9 Å². The molecule has 26 heavy (non-hydrogen) atoms. The van der Waals surface area contributed by atoms with Gasteiger partial charge in [-0.25, -0.2) is 4.39 Å². The van der Waals surface area contributed by atoms with Gasteiger partial charge < -0.3 is 5.32 Å². The number of pyridine rings is 1. The van der Waals surface area contributed by atoms with Crippen molar-refractivity contribution in [1.29, 1.82) is 0 Å². The van der Waals surface area contributed by atoms with E-state index in [9.17, 15) is 9.18 Å². The summed E-state index contributed by atoms with van der Waals surface area (Å²) in [6.07, 6.45) is 2.15. The molecule has 2 aromatic carbocycles. The number of aromatic nitrogens is 1. The van der Waals surface area contributed by atoms with Gasteiger partial charge in [-0.3, -0.25) is 9.78 Å². The van der Waals surface area contributed by atoms with Crippen LogP contribution in [0.4, 0.5) is 4.39 Å². The summed E-state index contributed by atoms with van der Waals surface area (Å²) in [6.45, 7) is 2.34. The van der Waals surface area contributed by atoms with Crippen molar-refractivity contribution < 1.29 is 9.18 Å². The van der Waals surface area contributed by atoms with Crippen LogP contribution in [0.3, 0.4) is 0 Å². The molecule has 1 heterocycles. The average Bonchev–Trinajstić information content (AvgIpc) is 3.45. The number of benzene rings is 2. The molecular formula is C21H18BrFN2O. The largest absolute Gasteiger partial charge is 0.348 e. The van der Waals surface area contributed by atoms with Gasteiger partial charge in [0.1, 0.15) is 5.82 Å². The molecule has 0 saturated heterocycles. The minimum atomic E-state index is -0.281. The van der Waals surface area contributed by atoms with Crippen molar-refractivity contribution in [2.45, 2.75) is 32.2 Å². The van der Waals surface area contributed by atoms with Crippen LogP contribution in [0.5, 0.6) is 0 Å². The standard InChI is InChI=1S/C21H18BrFN2O/c1-12-17-9-6-15(22)10-18(17)25-20(14-4-5-14)19(12)21(26)24-11-13-2-7-16(23)8-3-13/h2-3,6-10,14H,4-5,11H2,1H3,(H,24,26). The molecule has 1 aromatic heterocycles. The van der Waals surface area contributed by atoms with E-state index >= 15 is 0 Å². The molecule has 1 fully saturated rings. The molecule has 1 aliphatic carbocycles. The maximum Gasteiger partial charge on any atom is 0.253 e. The van der Waals surface area contributed by atoms with Crippen molar-refractivity contribution in [1.82, 2.24) is 10.3 Å². The summed E-state index contributed by atoms with van der Waals surface area (Å²) in [5.41, 5.74) is 4.31. The van der Waals surface area contributed by atoms with Gasteiger partial charge in [-0.05, 0) is 55.2 Å². The van der Waals surface area contributed by atoms with E-state index in [2.05, 4.69) is 21.2 Å². The Morgan fingerprint density at radius 2 is 1.96 bits per heavy atom. The molecular weight excluding hydrogens is 395 g/mol. The number of hydrogen-bond donors (Lipinski definition) is 1. The first-order chi connectivity index (χ1) is 12.5. The van der Waals surface area contributed by atoms with Crippen LogP contribution >= 0.6 is 15.9 Å². The SMILES string of the molecule is Cc1c(C(=O)NCc2ccc(F)cc2)c(C2CC2)nc2cc(Br)ccc12. The Morgan fingerprint density at radius 1 is 1.23 bits per heavy atom. The van der Waals surface area contributed by atoms with E-state index in [1.165, 1.54) is 12.1 Å². The minimum Gasteiger partial charge on any atom is -0.348 e. The van der Waals surface area contributed by atoms with Gasteiger partial charge in [0, 0.05) is 22.3 Å². The van der Waals surface area contributed by atoms with E-state index in [4.69, 9.17) is 4.98 Å². The van der Waals surface area contributed by atoms with Crippen LogP contribution in [0.15, 0.2) is 46.9 Å². The number of carbonyl (C=O) groups is 1. The number of amides is 1. The Balaban J connectivity index is 1.68. The number of nitrogens with one attached hydrogen (secondary N) is 1. The van der Waals surface area contributed by atoms with E-state index < -0.39 is 0 Å². The van der Waals surface area contributed by atoms with E-state index in [-0.39, 0.29) is 11.7 Å². The van der Waals surface area contributed by atoms with E-state index in [1.807, 2.05) is 25.1 Å². The minimum absolute atomic E-state index is 0.119. The lowest BCUT2D eigenvalue weighted by molar-refractivity contribution is 0.0949. The molecule has 0 radical (unpaired) electrons. The van der Waals surface area contributed by atoms with E-state index in [0.29, 0.717) is 18.0 Å². The van der Waals surface area contributed by atoms with Gasteiger partial charge in [0.25, 0.3) is 5.91 Å². The van der Waals surface area contributed by atoms with E-state index in [0.717, 1.165) is 45.0 Å². The number of hydrogen-bond acceptors (Lipinski definition) is 2. The summed E-state index contributed by atoms with van der Waals surface area (Å²) >= 11 is 3.49. The highest BCUT2D eigenvalue weighted by Gasteiger charge is 2.31. The molecule has 3 nitrogen and oxygen atoms in total. The summed E-state index contributed by atoms with van der Waals surface area (Å²) in [4.78, 5) is 17.7. The lowest BCUT2D eigenvalue weighted by atomic mass is 9.98. The molecule has 0 unspecified atom stereocenters. The molecule has 5 heteroatoms. The lowest BCUT2D eigenvalue weighted by Gasteiger charge is -2.15. The smallest absolute Gasteiger partial charge is 0.253 e. The summed E-state index contributed by atoms with van der Waals surface area (Å²) in [5.74, 6) is -0.0356.